The van der Waals surface area contributed by atoms with E-state index in [2.05, 4.69) is 4.98 Å². The fourth-order valence-electron chi connectivity index (χ4n) is 1.82. The number of methoxy groups -OCH3 is 1. The number of hydrogen-bond acceptors (Lipinski definition) is 3. The van der Waals surface area contributed by atoms with Gasteiger partial charge in [-0.05, 0) is 12.5 Å². The zero-order valence-electron chi connectivity index (χ0n) is 9.02. The normalized spacial score (nSPS) is 20.1. The van der Waals surface area contributed by atoms with Gasteiger partial charge in [-0.1, -0.05) is 0 Å². The Balaban J connectivity index is 2.12. The van der Waals surface area contributed by atoms with Crippen LogP contribution in [0.2, 0.25) is 0 Å². The number of nitrogens with zero attached hydrogens (tertiary/aromatic N) is 2. The standard InChI is InChI=1S/C11H13FN2O2/c1-16-8-3-5-14(7-8)11(15)9-2-4-13-6-10(9)12/h2,4,6,8H,3,5,7H2,1H3. The fourth-order valence-corrected chi connectivity index (χ4v) is 1.82. The lowest BCUT2D eigenvalue weighted by molar-refractivity contribution is 0.0720. The van der Waals surface area contributed by atoms with Crippen LogP contribution in [0.15, 0.2) is 18.5 Å². The monoisotopic (exact) mass is 224 g/mol. The van der Waals surface area contributed by atoms with Crippen LogP contribution < -0.4 is 0 Å². The number of hydrogen-bond donors (Lipinski definition) is 0. The van der Waals surface area contributed by atoms with Gasteiger partial charge in [-0.25, -0.2) is 4.39 Å². The van der Waals surface area contributed by atoms with Crippen molar-refractivity contribution in [1.29, 1.82) is 0 Å². The van der Waals surface area contributed by atoms with Crippen molar-refractivity contribution in [2.24, 2.45) is 0 Å². The summed E-state index contributed by atoms with van der Waals surface area (Å²) >= 11 is 0. The second-order valence-electron chi connectivity index (χ2n) is 3.75. The zero-order chi connectivity index (χ0) is 11.5. The van der Waals surface area contributed by atoms with Crippen molar-refractivity contribution in [3.8, 4) is 0 Å². The van der Waals surface area contributed by atoms with Crippen LogP contribution in [0.3, 0.4) is 0 Å². The van der Waals surface area contributed by atoms with E-state index in [0.717, 1.165) is 12.6 Å². The van der Waals surface area contributed by atoms with Gasteiger partial charge >= 0.3 is 0 Å². The minimum absolute atomic E-state index is 0.0637. The molecule has 1 aliphatic rings. The number of pyridine rings is 1. The van der Waals surface area contributed by atoms with Gasteiger partial charge in [0.15, 0.2) is 5.82 Å². The van der Waals surface area contributed by atoms with Gasteiger partial charge in [0.1, 0.15) is 0 Å². The predicted molar refractivity (Wildman–Crippen MR) is 55.5 cm³/mol. The third-order valence-electron chi connectivity index (χ3n) is 2.77. The van der Waals surface area contributed by atoms with Crippen LogP contribution in [0.5, 0.6) is 0 Å². The van der Waals surface area contributed by atoms with Crippen LogP contribution in [-0.4, -0.2) is 42.1 Å². The highest BCUT2D eigenvalue weighted by atomic mass is 19.1. The first-order chi connectivity index (χ1) is 7.72. The molecule has 4 nitrogen and oxygen atoms in total. The summed E-state index contributed by atoms with van der Waals surface area (Å²) in [6, 6.07) is 1.40. The molecule has 16 heavy (non-hydrogen) atoms. The van der Waals surface area contributed by atoms with Crippen molar-refractivity contribution in [2.45, 2.75) is 12.5 Å². The first kappa shape index (κ1) is 11.0. The van der Waals surface area contributed by atoms with E-state index in [1.807, 2.05) is 0 Å². The predicted octanol–water partition coefficient (Wildman–Crippen LogP) is 1.08. The van der Waals surface area contributed by atoms with Crippen LogP contribution in [0.25, 0.3) is 0 Å². The summed E-state index contributed by atoms with van der Waals surface area (Å²) in [5, 5.41) is 0. The molecular weight excluding hydrogens is 211 g/mol. The molecule has 0 aliphatic carbocycles. The average molecular weight is 224 g/mol. The lowest BCUT2D eigenvalue weighted by Gasteiger charge is -2.16. The molecule has 1 fully saturated rings. The number of amides is 1. The number of ether oxygens (including phenoxy) is 1. The van der Waals surface area contributed by atoms with Gasteiger partial charge in [0.05, 0.1) is 17.9 Å². The molecule has 0 spiro atoms. The van der Waals surface area contributed by atoms with Crippen molar-refractivity contribution in [1.82, 2.24) is 9.88 Å². The van der Waals surface area contributed by atoms with Crippen molar-refractivity contribution in [3.63, 3.8) is 0 Å². The van der Waals surface area contributed by atoms with E-state index < -0.39 is 5.82 Å². The number of carbonyl (C=O) groups excluding carboxylic acids is 1. The number of likely N-dealkylation sites (tertiary alicyclic amines) is 1. The second kappa shape index (κ2) is 4.57. The Kier molecular flexibility index (Phi) is 3.14. The van der Waals surface area contributed by atoms with Crippen LogP contribution in [0.4, 0.5) is 4.39 Å². The highest BCUT2D eigenvalue weighted by Crippen LogP contribution is 2.16. The molecule has 2 rings (SSSR count). The molecule has 1 aromatic heterocycles. The molecule has 5 heteroatoms. The smallest absolute Gasteiger partial charge is 0.257 e. The van der Waals surface area contributed by atoms with E-state index in [-0.39, 0.29) is 17.6 Å². The van der Waals surface area contributed by atoms with Crippen molar-refractivity contribution in [3.05, 3.63) is 29.8 Å². The Morgan fingerprint density at radius 2 is 2.50 bits per heavy atom. The molecule has 0 bridgehead atoms. The van der Waals surface area contributed by atoms with Crippen LogP contribution in [0.1, 0.15) is 16.8 Å². The highest BCUT2D eigenvalue weighted by Gasteiger charge is 2.27. The minimum atomic E-state index is -0.576. The zero-order valence-corrected chi connectivity index (χ0v) is 9.02. The maximum absolute atomic E-state index is 13.3. The molecule has 1 unspecified atom stereocenters. The molecule has 1 aliphatic heterocycles. The van der Waals surface area contributed by atoms with Crippen molar-refractivity contribution in [2.75, 3.05) is 20.2 Å². The van der Waals surface area contributed by atoms with E-state index in [1.54, 1.807) is 12.0 Å². The van der Waals surface area contributed by atoms with Crippen LogP contribution in [0, 0.1) is 5.82 Å². The number of aromatic nitrogens is 1. The molecule has 0 aromatic carbocycles. The first-order valence-electron chi connectivity index (χ1n) is 5.14. The van der Waals surface area contributed by atoms with Crippen LogP contribution in [-0.2, 0) is 4.74 Å². The van der Waals surface area contributed by atoms with E-state index in [4.69, 9.17) is 4.74 Å². The maximum Gasteiger partial charge on any atom is 0.257 e. The van der Waals surface area contributed by atoms with Crippen LogP contribution >= 0.6 is 0 Å². The lowest BCUT2D eigenvalue weighted by Crippen LogP contribution is -2.30. The summed E-state index contributed by atoms with van der Waals surface area (Å²) in [5.74, 6) is -0.868. The molecule has 1 amide bonds. The summed E-state index contributed by atoms with van der Waals surface area (Å²) in [6.45, 7) is 1.14. The van der Waals surface area contributed by atoms with Gasteiger partial charge < -0.3 is 9.64 Å². The third-order valence-corrected chi connectivity index (χ3v) is 2.77. The molecule has 1 saturated heterocycles. The maximum atomic E-state index is 13.3. The van der Waals surface area contributed by atoms with Gasteiger partial charge in [-0.3, -0.25) is 9.78 Å². The van der Waals surface area contributed by atoms with E-state index >= 15 is 0 Å². The van der Waals surface area contributed by atoms with Gasteiger partial charge in [0.2, 0.25) is 0 Å². The number of carbonyl (C=O) groups is 1. The van der Waals surface area contributed by atoms with E-state index in [0.29, 0.717) is 13.1 Å². The largest absolute Gasteiger partial charge is 0.380 e. The van der Waals surface area contributed by atoms with Gasteiger partial charge in [0.25, 0.3) is 5.91 Å². The number of rotatable bonds is 2. The first-order valence-corrected chi connectivity index (χ1v) is 5.14. The molecule has 2 heterocycles. The third kappa shape index (κ3) is 2.04. The fraction of sp³-hybridized carbons (Fsp3) is 0.455. The lowest BCUT2D eigenvalue weighted by atomic mass is 10.2. The van der Waals surface area contributed by atoms with Gasteiger partial charge in [-0.2, -0.15) is 0 Å². The second-order valence-corrected chi connectivity index (χ2v) is 3.75. The Morgan fingerprint density at radius 3 is 3.12 bits per heavy atom. The molecular formula is C11H13FN2O2. The van der Waals surface area contributed by atoms with Gasteiger partial charge in [-0.15, -0.1) is 0 Å². The van der Waals surface area contributed by atoms with E-state index in [1.165, 1.54) is 12.3 Å². The molecule has 1 aromatic rings. The Bertz CT molecular complexity index is 397. The highest BCUT2D eigenvalue weighted by molar-refractivity contribution is 5.94. The topological polar surface area (TPSA) is 42.4 Å². The molecule has 0 saturated carbocycles. The average Bonchev–Trinajstić information content (AvgIpc) is 2.77. The summed E-state index contributed by atoms with van der Waals surface area (Å²) < 4.78 is 18.5. The summed E-state index contributed by atoms with van der Waals surface area (Å²) in [7, 11) is 1.62. The minimum Gasteiger partial charge on any atom is -0.380 e. The number of halogens is 1. The van der Waals surface area contributed by atoms with Crippen molar-refractivity contribution >= 4 is 5.91 Å². The molecule has 0 radical (unpaired) electrons. The summed E-state index contributed by atoms with van der Waals surface area (Å²) in [6.07, 6.45) is 3.33. The Morgan fingerprint density at radius 1 is 1.69 bits per heavy atom. The quantitative estimate of drug-likeness (QED) is 0.755. The summed E-state index contributed by atoms with van der Waals surface area (Å²) in [5.41, 5.74) is 0.0757. The van der Waals surface area contributed by atoms with Gasteiger partial charge in [0, 0.05) is 26.4 Å². The Hall–Kier alpha value is -1.49. The van der Waals surface area contributed by atoms with Crippen molar-refractivity contribution < 1.29 is 13.9 Å². The van der Waals surface area contributed by atoms with E-state index in [9.17, 15) is 9.18 Å². The molecule has 0 N–H and O–H groups in total. The SMILES string of the molecule is COC1CCN(C(=O)c2ccncc2F)C1. The molecule has 86 valence electrons. The summed E-state index contributed by atoms with van der Waals surface area (Å²) in [4.78, 5) is 17.2. The Labute approximate surface area is 93.0 Å². The molecule has 1 atom stereocenters.